The zero-order valence-electron chi connectivity index (χ0n) is 16.1. The van der Waals surface area contributed by atoms with Crippen molar-refractivity contribution in [3.8, 4) is 0 Å². The van der Waals surface area contributed by atoms with Crippen molar-refractivity contribution < 1.29 is 19.2 Å². The van der Waals surface area contributed by atoms with Gasteiger partial charge in [-0.2, -0.15) is 4.99 Å². The Morgan fingerprint density at radius 1 is 1.21 bits per heavy atom. The summed E-state index contributed by atoms with van der Waals surface area (Å²) in [6.45, 7) is 3.28. The Kier molecular flexibility index (Phi) is 5.26. The fourth-order valence-electron chi connectivity index (χ4n) is 3.39. The van der Waals surface area contributed by atoms with Gasteiger partial charge < -0.3 is 10.2 Å². The highest BCUT2D eigenvalue weighted by Crippen LogP contribution is 2.24. The Morgan fingerprint density at radius 3 is 2.57 bits per heavy atom. The van der Waals surface area contributed by atoms with Gasteiger partial charge in [0.15, 0.2) is 5.84 Å². The van der Waals surface area contributed by atoms with E-state index in [9.17, 15) is 19.2 Å². The quantitative estimate of drug-likeness (QED) is 0.678. The van der Waals surface area contributed by atoms with Crippen LogP contribution in [0.4, 0.5) is 4.79 Å². The van der Waals surface area contributed by atoms with Gasteiger partial charge in [0.25, 0.3) is 11.8 Å². The molecule has 0 spiro atoms. The predicted octanol–water partition coefficient (Wildman–Crippen LogP) is 0.677. The second-order valence-electron chi connectivity index (χ2n) is 6.99. The minimum absolute atomic E-state index is 0.00863. The lowest BCUT2D eigenvalue weighted by Gasteiger charge is -2.24. The van der Waals surface area contributed by atoms with Crippen LogP contribution in [0.15, 0.2) is 34.3 Å². The third-order valence-corrected chi connectivity index (χ3v) is 5.31. The fraction of sp³-hybridized carbons (Fsp3) is 0.474. The van der Waals surface area contributed by atoms with Crippen molar-refractivity contribution >= 4 is 35.3 Å². The molecule has 0 aromatic carbocycles. The van der Waals surface area contributed by atoms with E-state index < -0.39 is 29.3 Å². The third-order valence-electron chi connectivity index (χ3n) is 5.31. The minimum Gasteiger partial charge on any atom is -0.337 e. The number of carbonyl (C=O) groups is 4. The number of amidine groups is 1. The molecule has 1 unspecified atom stereocenters. The average Bonchev–Trinajstić information content (AvgIpc) is 2.92. The Balaban J connectivity index is 1.66. The van der Waals surface area contributed by atoms with Crippen LogP contribution in [0.2, 0.25) is 0 Å². The van der Waals surface area contributed by atoms with Gasteiger partial charge in [0.2, 0.25) is 5.91 Å². The molecule has 0 saturated carbocycles. The number of nitrogens with one attached hydrogen (secondary N) is 1. The number of rotatable bonds is 6. The molecule has 9 nitrogen and oxygen atoms in total. The van der Waals surface area contributed by atoms with Crippen molar-refractivity contribution in [1.29, 1.82) is 0 Å². The summed E-state index contributed by atoms with van der Waals surface area (Å²) in [5.41, 5.74) is -0.361. The zero-order valence-corrected chi connectivity index (χ0v) is 16.1. The first-order chi connectivity index (χ1) is 13.3. The molecular formula is C19H23N5O4. The van der Waals surface area contributed by atoms with E-state index in [-0.39, 0.29) is 24.8 Å². The second kappa shape index (κ2) is 7.49. The van der Waals surface area contributed by atoms with E-state index in [0.717, 1.165) is 4.90 Å². The average molecular weight is 385 g/mol. The SMILES string of the molecule is CCC1(CC)NC(=O)N(CC(=O)N(C)CC2=NC(=O)C3C=CC=CC3=N2)C1=O. The summed E-state index contributed by atoms with van der Waals surface area (Å²) in [6.07, 6.45) is 7.92. The summed E-state index contributed by atoms with van der Waals surface area (Å²) in [6, 6.07) is -0.567. The van der Waals surface area contributed by atoms with Crippen molar-refractivity contribution in [2.75, 3.05) is 20.1 Å². The molecule has 1 saturated heterocycles. The van der Waals surface area contributed by atoms with Crippen LogP contribution < -0.4 is 5.32 Å². The highest BCUT2D eigenvalue weighted by atomic mass is 16.2. The highest BCUT2D eigenvalue weighted by molar-refractivity contribution is 6.21. The molecule has 1 atom stereocenters. The van der Waals surface area contributed by atoms with Gasteiger partial charge >= 0.3 is 6.03 Å². The molecular weight excluding hydrogens is 362 g/mol. The molecule has 0 radical (unpaired) electrons. The van der Waals surface area contributed by atoms with Crippen molar-refractivity contribution in [1.82, 2.24) is 15.1 Å². The van der Waals surface area contributed by atoms with Crippen LogP contribution in [-0.4, -0.2) is 70.8 Å². The maximum Gasteiger partial charge on any atom is 0.325 e. The summed E-state index contributed by atoms with van der Waals surface area (Å²) in [7, 11) is 1.52. The molecule has 0 aromatic heterocycles. The van der Waals surface area contributed by atoms with Crippen molar-refractivity contribution in [2.45, 2.75) is 32.2 Å². The van der Waals surface area contributed by atoms with Crippen LogP contribution in [0.25, 0.3) is 0 Å². The number of urea groups is 1. The maximum atomic E-state index is 12.6. The lowest BCUT2D eigenvalue weighted by molar-refractivity contribution is -0.138. The van der Waals surface area contributed by atoms with Crippen LogP contribution in [0.1, 0.15) is 26.7 Å². The van der Waals surface area contributed by atoms with E-state index in [1.807, 2.05) is 13.8 Å². The number of carbonyl (C=O) groups excluding carboxylic acids is 4. The number of fused-ring (bicyclic) bond motifs is 1. The van der Waals surface area contributed by atoms with Crippen LogP contribution in [0.5, 0.6) is 0 Å². The molecule has 1 aliphatic carbocycles. The van der Waals surface area contributed by atoms with Gasteiger partial charge in [-0.25, -0.2) is 9.79 Å². The summed E-state index contributed by atoms with van der Waals surface area (Å²) in [5.74, 6) is -1.41. The van der Waals surface area contributed by atoms with Crippen LogP contribution in [0, 0.1) is 5.92 Å². The Morgan fingerprint density at radius 2 is 1.93 bits per heavy atom. The molecule has 0 aromatic rings. The molecule has 9 heteroatoms. The number of likely N-dealkylation sites (N-methyl/N-ethyl adjacent to an activating group) is 1. The standard InChI is InChI=1S/C19H23N5O4/c1-4-19(5-2)17(27)24(18(28)22-19)11-15(25)23(3)10-14-20-13-9-7-6-8-12(13)16(26)21-14/h6-9,12H,4-5,10-11H2,1-3H3,(H,22,28). The van der Waals surface area contributed by atoms with Crippen molar-refractivity contribution in [3.63, 3.8) is 0 Å². The fourth-order valence-corrected chi connectivity index (χ4v) is 3.39. The number of hydrogen-bond donors (Lipinski definition) is 1. The summed E-state index contributed by atoms with van der Waals surface area (Å²) in [4.78, 5) is 60.0. The first-order valence-corrected chi connectivity index (χ1v) is 9.24. The van der Waals surface area contributed by atoms with Crippen LogP contribution in [0.3, 0.4) is 0 Å². The molecule has 28 heavy (non-hydrogen) atoms. The normalized spacial score (nSPS) is 22.6. The van der Waals surface area contributed by atoms with Crippen LogP contribution in [-0.2, 0) is 14.4 Å². The number of hydrogen-bond acceptors (Lipinski definition) is 5. The van der Waals surface area contributed by atoms with Gasteiger partial charge in [0, 0.05) is 7.05 Å². The van der Waals surface area contributed by atoms with Gasteiger partial charge in [-0.1, -0.05) is 32.1 Å². The molecule has 2 aliphatic heterocycles. The molecule has 3 rings (SSSR count). The van der Waals surface area contributed by atoms with Gasteiger partial charge in [0.1, 0.15) is 18.0 Å². The maximum absolute atomic E-state index is 12.6. The summed E-state index contributed by atoms with van der Waals surface area (Å²) in [5, 5.41) is 2.69. The molecule has 3 aliphatic rings. The summed E-state index contributed by atoms with van der Waals surface area (Å²) < 4.78 is 0. The molecule has 2 heterocycles. The Hall–Kier alpha value is -3.10. The number of amides is 5. The van der Waals surface area contributed by atoms with Gasteiger partial charge in [-0.05, 0) is 18.9 Å². The summed E-state index contributed by atoms with van der Waals surface area (Å²) >= 11 is 0. The molecule has 148 valence electrons. The van der Waals surface area contributed by atoms with E-state index in [1.54, 1.807) is 24.3 Å². The van der Waals surface area contributed by atoms with E-state index >= 15 is 0 Å². The number of allylic oxidation sites excluding steroid dienone is 3. The highest BCUT2D eigenvalue weighted by Gasteiger charge is 2.49. The minimum atomic E-state index is -0.947. The lowest BCUT2D eigenvalue weighted by Crippen LogP contribution is -2.47. The number of imide groups is 1. The molecule has 1 N–H and O–H groups in total. The topological polar surface area (TPSA) is 112 Å². The lowest BCUT2D eigenvalue weighted by atomic mass is 9.93. The Bertz CT molecular complexity index is 850. The first-order valence-electron chi connectivity index (χ1n) is 9.24. The molecule has 1 fully saturated rings. The first kappa shape index (κ1) is 19.7. The smallest absolute Gasteiger partial charge is 0.325 e. The van der Waals surface area contributed by atoms with Crippen molar-refractivity contribution in [2.24, 2.45) is 15.9 Å². The zero-order chi connectivity index (χ0) is 20.5. The number of nitrogens with zero attached hydrogens (tertiary/aromatic N) is 4. The van der Waals surface area contributed by atoms with Crippen LogP contribution >= 0.6 is 0 Å². The van der Waals surface area contributed by atoms with E-state index in [4.69, 9.17) is 0 Å². The van der Waals surface area contributed by atoms with Gasteiger partial charge in [0.05, 0.1) is 12.3 Å². The Labute approximate surface area is 162 Å². The molecule has 0 bridgehead atoms. The second-order valence-corrected chi connectivity index (χ2v) is 6.99. The van der Waals surface area contributed by atoms with Gasteiger partial charge in [-0.15, -0.1) is 0 Å². The molecule has 5 amide bonds. The van der Waals surface area contributed by atoms with Gasteiger partial charge in [-0.3, -0.25) is 19.3 Å². The monoisotopic (exact) mass is 385 g/mol. The predicted molar refractivity (Wildman–Crippen MR) is 103 cm³/mol. The van der Waals surface area contributed by atoms with E-state index in [0.29, 0.717) is 18.6 Å². The van der Waals surface area contributed by atoms with E-state index in [1.165, 1.54) is 11.9 Å². The third kappa shape index (κ3) is 3.39. The van der Waals surface area contributed by atoms with E-state index in [2.05, 4.69) is 15.3 Å². The largest absolute Gasteiger partial charge is 0.337 e. The van der Waals surface area contributed by atoms with Crippen molar-refractivity contribution in [3.05, 3.63) is 24.3 Å². The number of aliphatic imine (C=N–C) groups is 2.